The van der Waals surface area contributed by atoms with Crippen molar-refractivity contribution in [1.29, 1.82) is 0 Å². The zero-order valence-corrected chi connectivity index (χ0v) is 28.1. The van der Waals surface area contributed by atoms with Gasteiger partial charge >= 0.3 is 0 Å². The minimum absolute atomic E-state index is 0.0206. The van der Waals surface area contributed by atoms with Crippen LogP contribution in [0.25, 0.3) is 93.6 Å². The first kappa shape index (κ1) is 27.0. The summed E-state index contributed by atoms with van der Waals surface area (Å²) >= 11 is 0. The normalized spacial score (nSPS) is 13.0. The summed E-state index contributed by atoms with van der Waals surface area (Å²) in [7, 11) is 0. The zero-order valence-electron chi connectivity index (χ0n) is 28.1. The third kappa shape index (κ3) is 3.16. The fraction of sp³-hybridized carbons (Fsp3) is 0. The quantitative estimate of drug-likeness (QED) is 0.165. The summed E-state index contributed by atoms with van der Waals surface area (Å²) < 4.78 is 7.63. The van der Waals surface area contributed by atoms with Gasteiger partial charge in [0.15, 0.2) is 0 Å². The molecule has 5 heterocycles. The molecule has 11 aromatic rings. The van der Waals surface area contributed by atoms with Crippen molar-refractivity contribution in [2.24, 2.45) is 0 Å². The molecule has 0 N–H and O–H groups in total. The summed E-state index contributed by atoms with van der Waals surface area (Å²) in [5.41, 5.74) is 18.0. The largest absolute Gasteiger partial charge is 0.310 e. The molecule has 0 fully saturated rings. The minimum Gasteiger partial charge on any atom is -0.310 e. The van der Waals surface area contributed by atoms with E-state index in [-0.39, 0.29) is 6.71 Å². The highest BCUT2D eigenvalue weighted by atomic mass is 15.0. The maximum Gasteiger partial charge on any atom is 0.253 e. The van der Waals surface area contributed by atoms with Gasteiger partial charge in [-0.3, -0.25) is 0 Å². The maximum absolute atomic E-state index is 2.58. The van der Waals surface area contributed by atoms with E-state index in [4.69, 9.17) is 0 Å². The molecule has 8 aromatic carbocycles. The van der Waals surface area contributed by atoms with E-state index in [1.54, 1.807) is 0 Å². The number of benzene rings is 8. The van der Waals surface area contributed by atoms with Gasteiger partial charge in [-0.25, -0.2) is 0 Å². The highest BCUT2D eigenvalue weighted by Crippen LogP contribution is 2.43. The van der Waals surface area contributed by atoms with Crippen LogP contribution in [0.5, 0.6) is 0 Å². The fourth-order valence-corrected chi connectivity index (χ4v) is 10.1. The van der Waals surface area contributed by atoms with Crippen molar-refractivity contribution < 1.29 is 0 Å². The van der Waals surface area contributed by atoms with E-state index in [2.05, 4.69) is 184 Å². The number of hydrogen-bond acceptors (Lipinski definition) is 0. The molecule has 238 valence electrons. The monoisotopic (exact) mass is 657 g/mol. The molecule has 0 saturated heterocycles. The Balaban J connectivity index is 1.31. The number of fused-ring (bicyclic) bond motifs is 14. The van der Waals surface area contributed by atoms with Crippen LogP contribution in [0.3, 0.4) is 0 Å². The Hall–Kier alpha value is -6.78. The van der Waals surface area contributed by atoms with Gasteiger partial charge in [0.25, 0.3) is 6.71 Å². The number of para-hydroxylation sites is 4. The molecule has 0 spiro atoms. The van der Waals surface area contributed by atoms with Crippen molar-refractivity contribution in [3.8, 4) is 28.2 Å². The summed E-state index contributed by atoms with van der Waals surface area (Å²) in [5.74, 6) is 0. The molecule has 0 radical (unpaired) electrons. The molecule has 2 aliphatic rings. The van der Waals surface area contributed by atoms with Crippen LogP contribution in [0.4, 0.5) is 0 Å². The lowest BCUT2D eigenvalue weighted by Gasteiger charge is -2.34. The molecule has 13 rings (SSSR count). The lowest BCUT2D eigenvalue weighted by molar-refractivity contribution is 1.14. The summed E-state index contributed by atoms with van der Waals surface area (Å²) in [6.45, 7) is 0.0206. The van der Waals surface area contributed by atoms with Gasteiger partial charge in [-0.1, -0.05) is 115 Å². The minimum atomic E-state index is 0.0206. The predicted molar refractivity (Wildman–Crippen MR) is 220 cm³/mol. The van der Waals surface area contributed by atoms with E-state index in [1.165, 1.54) is 110 Å². The van der Waals surface area contributed by atoms with Crippen LogP contribution in [0, 0.1) is 0 Å². The molecule has 0 atom stereocenters. The standard InChI is InChI=1S/C48H28BN3/c1-3-14-29(15-4-1)30-26-35-32-18-7-10-21-38(32)51-41-24-13-25-42-45(41)49(37(27-30)47(35)51)46-44-34-20-9-12-23-40(34)50(31-16-5-2-6-17-31)43(44)28-36-33-19-8-11-22-39(33)52(42)48(36)46/h1-28H. The molecule has 0 unspecified atom stereocenters. The molecule has 52 heavy (non-hydrogen) atoms. The van der Waals surface area contributed by atoms with Crippen LogP contribution in [0.15, 0.2) is 170 Å². The van der Waals surface area contributed by atoms with Gasteiger partial charge in [0.2, 0.25) is 0 Å². The van der Waals surface area contributed by atoms with E-state index < -0.39 is 0 Å². The molecule has 4 heteroatoms. The van der Waals surface area contributed by atoms with Gasteiger partial charge in [0.05, 0.1) is 27.6 Å². The fourth-order valence-electron chi connectivity index (χ4n) is 10.1. The number of rotatable bonds is 2. The molecule has 2 aliphatic heterocycles. The summed E-state index contributed by atoms with van der Waals surface area (Å²) in [6, 6.07) is 63.2. The topological polar surface area (TPSA) is 14.8 Å². The van der Waals surface area contributed by atoms with Crippen LogP contribution in [0.1, 0.15) is 0 Å². The Morgan fingerprint density at radius 1 is 0.346 bits per heavy atom. The molecular formula is C48H28BN3. The van der Waals surface area contributed by atoms with Gasteiger partial charge < -0.3 is 13.7 Å². The van der Waals surface area contributed by atoms with Gasteiger partial charge in [0.1, 0.15) is 0 Å². The first-order chi connectivity index (χ1) is 25.8. The summed E-state index contributed by atoms with van der Waals surface area (Å²) in [5, 5.41) is 7.82. The van der Waals surface area contributed by atoms with Crippen molar-refractivity contribution >= 4 is 88.5 Å². The van der Waals surface area contributed by atoms with Crippen molar-refractivity contribution in [3.63, 3.8) is 0 Å². The van der Waals surface area contributed by atoms with E-state index in [1.807, 2.05) is 0 Å². The summed E-state index contributed by atoms with van der Waals surface area (Å²) in [4.78, 5) is 0. The predicted octanol–water partition coefficient (Wildman–Crippen LogP) is 9.79. The SMILES string of the molecule is c1ccc(-c2cc3c4c(c2)c2ccccc2n4-c2cccc4c2B3c2c3c5ccccc5n(-c5ccccc5)c3cc3c5ccccc5n-4c23)cc1. The third-order valence-corrected chi connectivity index (χ3v) is 12.0. The van der Waals surface area contributed by atoms with E-state index >= 15 is 0 Å². The first-order valence-corrected chi connectivity index (χ1v) is 18.2. The second-order valence-corrected chi connectivity index (χ2v) is 14.4. The van der Waals surface area contributed by atoms with Crippen molar-refractivity contribution in [1.82, 2.24) is 13.7 Å². The van der Waals surface area contributed by atoms with Crippen LogP contribution < -0.4 is 16.4 Å². The van der Waals surface area contributed by atoms with E-state index in [0.717, 1.165) is 0 Å². The van der Waals surface area contributed by atoms with Crippen LogP contribution >= 0.6 is 0 Å². The van der Waals surface area contributed by atoms with Crippen LogP contribution in [-0.2, 0) is 0 Å². The average Bonchev–Trinajstić information content (AvgIpc) is 3.85. The highest BCUT2D eigenvalue weighted by molar-refractivity contribution is 7.02. The molecule has 0 saturated carbocycles. The Morgan fingerprint density at radius 3 is 1.60 bits per heavy atom. The number of aromatic nitrogens is 3. The third-order valence-electron chi connectivity index (χ3n) is 12.0. The molecule has 3 nitrogen and oxygen atoms in total. The highest BCUT2D eigenvalue weighted by Gasteiger charge is 2.42. The van der Waals surface area contributed by atoms with E-state index in [9.17, 15) is 0 Å². The number of nitrogens with zero attached hydrogens (tertiary/aromatic N) is 3. The lowest BCUT2D eigenvalue weighted by atomic mass is 9.33. The van der Waals surface area contributed by atoms with Crippen LogP contribution in [-0.4, -0.2) is 20.4 Å². The number of hydrogen-bond donors (Lipinski definition) is 0. The Bertz CT molecular complexity index is 3350. The average molecular weight is 658 g/mol. The van der Waals surface area contributed by atoms with Crippen molar-refractivity contribution in [3.05, 3.63) is 170 Å². The Kier molecular flexibility index (Phi) is 4.94. The zero-order chi connectivity index (χ0) is 33.7. The Morgan fingerprint density at radius 2 is 0.904 bits per heavy atom. The van der Waals surface area contributed by atoms with Crippen LogP contribution in [0.2, 0.25) is 0 Å². The summed E-state index contributed by atoms with van der Waals surface area (Å²) in [6.07, 6.45) is 0. The van der Waals surface area contributed by atoms with Gasteiger partial charge in [-0.05, 0) is 82.1 Å². The van der Waals surface area contributed by atoms with Gasteiger partial charge in [-0.2, -0.15) is 0 Å². The Labute approximate surface area is 299 Å². The second-order valence-electron chi connectivity index (χ2n) is 14.4. The lowest BCUT2D eigenvalue weighted by Crippen LogP contribution is -2.59. The smallest absolute Gasteiger partial charge is 0.253 e. The first-order valence-electron chi connectivity index (χ1n) is 18.2. The van der Waals surface area contributed by atoms with Crippen molar-refractivity contribution in [2.75, 3.05) is 0 Å². The maximum atomic E-state index is 2.58. The molecular weight excluding hydrogens is 629 g/mol. The van der Waals surface area contributed by atoms with Gasteiger partial charge in [0, 0.05) is 54.9 Å². The second kappa shape index (κ2) is 9.51. The van der Waals surface area contributed by atoms with Crippen molar-refractivity contribution in [2.45, 2.75) is 0 Å². The molecule has 3 aromatic heterocycles. The molecule has 0 bridgehead atoms. The van der Waals surface area contributed by atoms with E-state index in [0.29, 0.717) is 0 Å². The van der Waals surface area contributed by atoms with Gasteiger partial charge in [-0.15, -0.1) is 0 Å². The molecule has 0 amide bonds. The molecule has 0 aliphatic carbocycles.